The predicted molar refractivity (Wildman–Crippen MR) is 163 cm³/mol. The number of benzene rings is 4. The summed E-state index contributed by atoms with van der Waals surface area (Å²) in [6, 6.07) is 39.3. The van der Waals surface area contributed by atoms with Crippen LogP contribution in [0, 0.1) is 0 Å². The standard InChI is InChI=1S/C17H17NOS.C15H13NOS/c1-2-19-17(18-15-9-5-3-6-10-15)13-14-20-16-11-7-4-8-12-16;17-15(16-13-7-3-1-4-8-13)11-12-18-14-9-5-2-6-10-14/h3-14H,2H2,1H3;1-12H,(H,16,17)/b14-13+,18-17-;12-11-. The van der Waals surface area contributed by atoms with Crippen molar-refractivity contribution < 1.29 is 9.53 Å². The van der Waals surface area contributed by atoms with Crippen LogP contribution in [-0.2, 0) is 9.53 Å². The van der Waals surface area contributed by atoms with Gasteiger partial charge >= 0.3 is 0 Å². The number of carbonyl (C=O) groups is 1. The quantitative estimate of drug-likeness (QED) is 0.1000. The van der Waals surface area contributed by atoms with Gasteiger partial charge in [0.05, 0.1) is 12.3 Å². The molecule has 0 atom stereocenters. The average molecular weight is 539 g/mol. The minimum Gasteiger partial charge on any atom is -0.478 e. The molecule has 4 nitrogen and oxygen atoms in total. The van der Waals surface area contributed by atoms with Crippen molar-refractivity contribution in [3.63, 3.8) is 0 Å². The molecule has 0 unspecified atom stereocenters. The molecule has 0 radical (unpaired) electrons. The Morgan fingerprint density at radius 3 is 1.71 bits per heavy atom. The lowest BCUT2D eigenvalue weighted by molar-refractivity contribution is -0.111. The molecule has 0 saturated carbocycles. The molecular formula is C32H30N2O2S2. The van der Waals surface area contributed by atoms with E-state index in [1.54, 1.807) is 17.2 Å². The van der Waals surface area contributed by atoms with Gasteiger partial charge in [0.15, 0.2) is 0 Å². The topological polar surface area (TPSA) is 50.7 Å². The molecular weight excluding hydrogens is 508 g/mol. The van der Waals surface area contributed by atoms with Gasteiger partial charge in [-0.15, -0.1) is 0 Å². The van der Waals surface area contributed by atoms with Crippen LogP contribution in [0.1, 0.15) is 6.92 Å². The Morgan fingerprint density at radius 1 is 0.711 bits per heavy atom. The number of thioether (sulfide) groups is 2. The van der Waals surface area contributed by atoms with E-state index in [1.807, 2.05) is 128 Å². The van der Waals surface area contributed by atoms with Crippen LogP contribution in [0.2, 0.25) is 0 Å². The minimum atomic E-state index is -0.121. The summed E-state index contributed by atoms with van der Waals surface area (Å²) in [6.45, 7) is 2.56. The molecule has 0 aliphatic carbocycles. The fourth-order valence-corrected chi connectivity index (χ4v) is 4.26. The summed E-state index contributed by atoms with van der Waals surface area (Å²) >= 11 is 3.16. The second-order valence-corrected chi connectivity index (χ2v) is 9.50. The highest BCUT2D eigenvalue weighted by Gasteiger charge is 1.97. The van der Waals surface area contributed by atoms with Crippen molar-refractivity contribution in [3.05, 3.63) is 144 Å². The number of anilines is 1. The van der Waals surface area contributed by atoms with Gasteiger partial charge in [-0.2, -0.15) is 0 Å². The summed E-state index contributed by atoms with van der Waals surface area (Å²) in [5, 5.41) is 6.57. The third-order valence-electron chi connectivity index (χ3n) is 4.65. The second kappa shape index (κ2) is 17.5. The van der Waals surface area contributed by atoms with Crippen molar-refractivity contribution in [2.75, 3.05) is 11.9 Å². The number of para-hydroxylation sites is 2. The van der Waals surface area contributed by atoms with E-state index < -0.39 is 0 Å². The predicted octanol–water partition coefficient (Wildman–Crippen LogP) is 8.99. The number of rotatable bonds is 9. The molecule has 0 bridgehead atoms. The summed E-state index contributed by atoms with van der Waals surface area (Å²) in [5.41, 5.74) is 1.70. The van der Waals surface area contributed by atoms with Crippen molar-refractivity contribution >= 4 is 46.7 Å². The van der Waals surface area contributed by atoms with E-state index >= 15 is 0 Å². The molecule has 0 fully saturated rings. The van der Waals surface area contributed by atoms with Crippen LogP contribution in [0.25, 0.3) is 0 Å². The number of hydrogen-bond donors (Lipinski definition) is 1. The van der Waals surface area contributed by atoms with E-state index in [0.717, 1.165) is 16.3 Å². The summed E-state index contributed by atoms with van der Waals surface area (Å²) in [7, 11) is 0. The van der Waals surface area contributed by atoms with Crippen molar-refractivity contribution in [2.24, 2.45) is 4.99 Å². The van der Waals surface area contributed by atoms with E-state index in [1.165, 1.54) is 22.7 Å². The first kappa shape index (κ1) is 28.6. The first-order chi connectivity index (χ1) is 18.7. The van der Waals surface area contributed by atoms with Gasteiger partial charge in [0, 0.05) is 27.6 Å². The molecule has 38 heavy (non-hydrogen) atoms. The van der Waals surface area contributed by atoms with E-state index in [0.29, 0.717) is 12.5 Å². The third-order valence-corrected chi connectivity index (χ3v) is 6.29. The summed E-state index contributed by atoms with van der Waals surface area (Å²) in [4.78, 5) is 18.4. The van der Waals surface area contributed by atoms with Crippen LogP contribution in [0.4, 0.5) is 11.4 Å². The zero-order valence-electron chi connectivity index (χ0n) is 21.1. The molecule has 1 N–H and O–H groups in total. The minimum absolute atomic E-state index is 0.121. The summed E-state index contributed by atoms with van der Waals surface area (Å²) in [6.07, 6.45) is 3.43. The van der Waals surface area contributed by atoms with Crippen LogP contribution >= 0.6 is 23.5 Å². The summed E-state index contributed by atoms with van der Waals surface area (Å²) in [5.74, 6) is 0.506. The fourth-order valence-electron chi connectivity index (χ4n) is 2.94. The maximum absolute atomic E-state index is 11.6. The van der Waals surface area contributed by atoms with E-state index in [9.17, 15) is 4.79 Å². The Hall–Kier alpha value is -4.00. The van der Waals surface area contributed by atoms with Crippen LogP contribution < -0.4 is 5.32 Å². The van der Waals surface area contributed by atoms with Crippen LogP contribution in [0.5, 0.6) is 0 Å². The van der Waals surface area contributed by atoms with Gasteiger partial charge in [-0.1, -0.05) is 96.3 Å². The summed E-state index contributed by atoms with van der Waals surface area (Å²) < 4.78 is 5.53. The molecule has 192 valence electrons. The highest BCUT2D eigenvalue weighted by atomic mass is 32.2. The largest absolute Gasteiger partial charge is 0.478 e. The Bertz CT molecular complexity index is 1290. The molecule has 4 rings (SSSR count). The van der Waals surface area contributed by atoms with E-state index in [-0.39, 0.29) is 5.91 Å². The first-order valence-corrected chi connectivity index (χ1v) is 13.9. The molecule has 1 amide bonds. The van der Waals surface area contributed by atoms with E-state index in [2.05, 4.69) is 22.4 Å². The lowest BCUT2D eigenvalue weighted by Gasteiger charge is -2.02. The fraction of sp³-hybridized carbons (Fsp3) is 0.0625. The molecule has 0 aromatic heterocycles. The van der Waals surface area contributed by atoms with Crippen molar-refractivity contribution in [2.45, 2.75) is 16.7 Å². The van der Waals surface area contributed by atoms with Crippen LogP contribution in [0.15, 0.2) is 159 Å². The Balaban J connectivity index is 0.000000212. The van der Waals surface area contributed by atoms with Gasteiger partial charge in [-0.25, -0.2) is 4.99 Å². The van der Waals surface area contributed by atoms with Crippen molar-refractivity contribution in [1.29, 1.82) is 0 Å². The molecule has 0 saturated heterocycles. The lowest BCUT2D eigenvalue weighted by Crippen LogP contribution is -2.07. The van der Waals surface area contributed by atoms with Gasteiger partial charge < -0.3 is 10.1 Å². The number of carbonyl (C=O) groups excluding carboxylic acids is 1. The number of nitrogens with one attached hydrogen (secondary N) is 1. The average Bonchev–Trinajstić information content (AvgIpc) is 2.96. The van der Waals surface area contributed by atoms with E-state index in [4.69, 9.17) is 4.74 Å². The molecule has 0 aliphatic rings. The zero-order chi connectivity index (χ0) is 26.7. The normalized spacial score (nSPS) is 11.1. The molecule has 4 aromatic rings. The molecule has 0 spiro atoms. The number of hydrogen-bond acceptors (Lipinski definition) is 5. The smallest absolute Gasteiger partial charge is 0.248 e. The van der Waals surface area contributed by atoms with Gasteiger partial charge in [0.2, 0.25) is 11.8 Å². The SMILES string of the molecule is CCOC(/C=C/Sc1ccccc1)=N\c1ccccc1.O=C(/C=C\Sc1ccccc1)Nc1ccccc1. The zero-order valence-corrected chi connectivity index (χ0v) is 22.8. The molecule has 0 aliphatic heterocycles. The first-order valence-electron chi connectivity index (χ1n) is 12.1. The maximum Gasteiger partial charge on any atom is 0.248 e. The second-order valence-electron chi connectivity index (χ2n) is 7.54. The van der Waals surface area contributed by atoms with Gasteiger partial charge in [-0.3, -0.25) is 4.79 Å². The number of ether oxygens (including phenoxy) is 1. The van der Waals surface area contributed by atoms with Gasteiger partial charge in [0.25, 0.3) is 0 Å². The molecule has 6 heteroatoms. The Kier molecular flexibility index (Phi) is 13.1. The third kappa shape index (κ3) is 11.8. The highest BCUT2D eigenvalue weighted by Crippen LogP contribution is 2.19. The van der Waals surface area contributed by atoms with Gasteiger partial charge in [-0.05, 0) is 66.3 Å². The number of amides is 1. The van der Waals surface area contributed by atoms with Crippen molar-refractivity contribution in [1.82, 2.24) is 0 Å². The Labute approximate surface area is 233 Å². The molecule has 0 heterocycles. The van der Waals surface area contributed by atoms with Crippen LogP contribution in [0.3, 0.4) is 0 Å². The number of nitrogens with zero attached hydrogens (tertiary/aromatic N) is 1. The Morgan fingerprint density at radius 2 is 1.18 bits per heavy atom. The highest BCUT2D eigenvalue weighted by molar-refractivity contribution is 8.02. The lowest BCUT2D eigenvalue weighted by atomic mass is 10.3. The number of aliphatic imine (C=N–C) groups is 1. The van der Waals surface area contributed by atoms with Crippen LogP contribution in [-0.4, -0.2) is 18.4 Å². The molecule has 4 aromatic carbocycles. The van der Waals surface area contributed by atoms with Gasteiger partial charge in [0.1, 0.15) is 0 Å². The van der Waals surface area contributed by atoms with Crippen molar-refractivity contribution in [3.8, 4) is 0 Å². The maximum atomic E-state index is 11.6. The monoisotopic (exact) mass is 538 g/mol.